The van der Waals surface area contributed by atoms with E-state index in [2.05, 4.69) is 11.6 Å². The number of allylic oxidation sites excluding steroid dienone is 1. The third kappa shape index (κ3) is 3.45. The van der Waals surface area contributed by atoms with Gasteiger partial charge in [0.15, 0.2) is 5.90 Å². The van der Waals surface area contributed by atoms with E-state index in [-0.39, 0.29) is 12.1 Å². The number of ether oxygens (including phenoxy) is 1. The minimum absolute atomic E-state index is 0.0335. The Hall–Kier alpha value is -1.05. The van der Waals surface area contributed by atoms with Crippen molar-refractivity contribution in [2.24, 2.45) is 4.99 Å². The van der Waals surface area contributed by atoms with Gasteiger partial charge in [0, 0.05) is 6.92 Å². The van der Waals surface area contributed by atoms with Crippen LogP contribution in [0.1, 0.15) is 27.7 Å². The Bertz CT molecular complexity index is 206. The summed E-state index contributed by atoms with van der Waals surface area (Å²) in [6.45, 7) is 11.5. The SMILES string of the molecule is C=CC1OC(C)=NC1/C=C/C.CC. The van der Waals surface area contributed by atoms with Gasteiger partial charge in [0.2, 0.25) is 0 Å². The van der Waals surface area contributed by atoms with Gasteiger partial charge in [0.1, 0.15) is 12.1 Å². The fourth-order valence-corrected chi connectivity index (χ4v) is 1.12. The highest BCUT2D eigenvalue weighted by Crippen LogP contribution is 2.15. The molecule has 2 heteroatoms. The van der Waals surface area contributed by atoms with Gasteiger partial charge in [-0.05, 0) is 13.0 Å². The van der Waals surface area contributed by atoms with Gasteiger partial charge < -0.3 is 4.74 Å². The van der Waals surface area contributed by atoms with Crippen LogP contribution in [0, 0.1) is 0 Å². The Labute approximate surface area is 81.0 Å². The molecule has 0 saturated carbocycles. The Morgan fingerprint density at radius 1 is 1.46 bits per heavy atom. The largest absolute Gasteiger partial charge is 0.471 e. The van der Waals surface area contributed by atoms with E-state index < -0.39 is 0 Å². The lowest BCUT2D eigenvalue weighted by Crippen LogP contribution is -2.16. The van der Waals surface area contributed by atoms with Crippen LogP contribution in [0.15, 0.2) is 29.8 Å². The molecule has 13 heavy (non-hydrogen) atoms. The van der Waals surface area contributed by atoms with Crippen LogP contribution in [-0.4, -0.2) is 18.0 Å². The first-order valence-electron chi connectivity index (χ1n) is 4.74. The standard InChI is InChI=1S/C9H13NO.C2H6/c1-4-6-8-9(5-2)11-7(3)10-8;1-2/h4-6,8-9H,2H2,1,3H3;1-2H3/b6-4+;. The molecule has 0 fully saturated rings. The molecule has 0 aromatic carbocycles. The van der Waals surface area contributed by atoms with Gasteiger partial charge in [0.05, 0.1) is 0 Å². The summed E-state index contributed by atoms with van der Waals surface area (Å²) in [5.41, 5.74) is 0. The molecule has 1 aliphatic heterocycles. The minimum Gasteiger partial charge on any atom is -0.471 e. The van der Waals surface area contributed by atoms with E-state index in [1.807, 2.05) is 39.8 Å². The number of hydrogen-bond acceptors (Lipinski definition) is 2. The zero-order valence-corrected chi connectivity index (χ0v) is 8.95. The van der Waals surface area contributed by atoms with Crippen molar-refractivity contribution in [1.82, 2.24) is 0 Å². The Morgan fingerprint density at radius 2 is 2.08 bits per heavy atom. The van der Waals surface area contributed by atoms with Crippen molar-refractivity contribution < 1.29 is 4.74 Å². The number of aliphatic imine (C=N–C) groups is 1. The maximum atomic E-state index is 5.36. The van der Waals surface area contributed by atoms with Gasteiger partial charge in [-0.1, -0.05) is 32.6 Å². The molecular weight excluding hydrogens is 162 g/mol. The molecule has 1 rings (SSSR count). The predicted molar refractivity (Wildman–Crippen MR) is 58.1 cm³/mol. The lowest BCUT2D eigenvalue weighted by molar-refractivity contribution is 0.254. The summed E-state index contributed by atoms with van der Waals surface area (Å²) in [6, 6.07) is 0.137. The van der Waals surface area contributed by atoms with E-state index in [0.717, 1.165) is 5.90 Å². The van der Waals surface area contributed by atoms with Crippen molar-refractivity contribution in [3.05, 3.63) is 24.8 Å². The molecule has 74 valence electrons. The molecule has 0 N–H and O–H groups in total. The fraction of sp³-hybridized carbons (Fsp3) is 0.545. The molecule has 2 nitrogen and oxygen atoms in total. The molecule has 2 unspecified atom stereocenters. The van der Waals surface area contributed by atoms with E-state index in [9.17, 15) is 0 Å². The second kappa shape index (κ2) is 6.46. The van der Waals surface area contributed by atoms with Crippen molar-refractivity contribution in [1.29, 1.82) is 0 Å². The fourth-order valence-electron chi connectivity index (χ4n) is 1.12. The summed E-state index contributed by atoms with van der Waals surface area (Å²) in [6.07, 6.45) is 5.81. The van der Waals surface area contributed by atoms with E-state index in [1.54, 1.807) is 6.08 Å². The molecule has 0 spiro atoms. The van der Waals surface area contributed by atoms with Crippen LogP contribution < -0.4 is 0 Å². The highest BCUT2D eigenvalue weighted by molar-refractivity contribution is 5.75. The highest BCUT2D eigenvalue weighted by Gasteiger charge is 2.23. The molecule has 1 aliphatic rings. The number of nitrogens with zero attached hydrogens (tertiary/aromatic N) is 1. The monoisotopic (exact) mass is 181 g/mol. The second-order valence-corrected chi connectivity index (χ2v) is 2.48. The van der Waals surface area contributed by atoms with Crippen LogP contribution in [0.25, 0.3) is 0 Å². The molecule has 0 aliphatic carbocycles. The van der Waals surface area contributed by atoms with Crippen molar-refractivity contribution in [2.45, 2.75) is 39.8 Å². The van der Waals surface area contributed by atoms with Gasteiger partial charge in [0.25, 0.3) is 0 Å². The lowest BCUT2D eigenvalue weighted by atomic mass is 10.1. The summed E-state index contributed by atoms with van der Waals surface area (Å²) >= 11 is 0. The van der Waals surface area contributed by atoms with E-state index in [0.29, 0.717) is 0 Å². The van der Waals surface area contributed by atoms with Gasteiger partial charge in [-0.25, -0.2) is 4.99 Å². The van der Waals surface area contributed by atoms with Crippen LogP contribution >= 0.6 is 0 Å². The third-order valence-electron chi connectivity index (χ3n) is 1.60. The molecule has 0 amide bonds. The molecular formula is C11H19NO. The zero-order chi connectivity index (χ0) is 10.3. The quantitative estimate of drug-likeness (QED) is 0.600. The first-order valence-corrected chi connectivity index (χ1v) is 4.74. The van der Waals surface area contributed by atoms with E-state index >= 15 is 0 Å². The second-order valence-electron chi connectivity index (χ2n) is 2.48. The summed E-state index contributed by atoms with van der Waals surface area (Å²) < 4.78 is 5.36. The topological polar surface area (TPSA) is 21.6 Å². The van der Waals surface area contributed by atoms with E-state index in [1.165, 1.54) is 0 Å². The average molecular weight is 181 g/mol. The summed E-state index contributed by atoms with van der Waals surface area (Å²) in [5, 5.41) is 0. The number of rotatable bonds is 2. The summed E-state index contributed by atoms with van der Waals surface area (Å²) in [4.78, 5) is 4.27. The lowest BCUT2D eigenvalue weighted by Gasteiger charge is -2.08. The molecule has 0 bridgehead atoms. The van der Waals surface area contributed by atoms with Crippen LogP contribution in [-0.2, 0) is 4.74 Å². The molecule has 2 atom stereocenters. The maximum absolute atomic E-state index is 5.36. The van der Waals surface area contributed by atoms with Crippen molar-refractivity contribution in [2.75, 3.05) is 0 Å². The Kier molecular flexibility index (Phi) is 5.94. The maximum Gasteiger partial charge on any atom is 0.181 e. The van der Waals surface area contributed by atoms with Crippen LogP contribution in [0.2, 0.25) is 0 Å². The zero-order valence-electron chi connectivity index (χ0n) is 8.95. The molecule has 0 radical (unpaired) electrons. The van der Waals surface area contributed by atoms with Crippen LogP contribution in [0.3, 0.4) is 0 Å². The van der Waals surface area contributed by atoms with Crippen LogP contribution in [0.4, 0.5) is 0 Å². The first kappa shape index (κ1) is 11.9. The van der Waals surface area contributed by atoms with Crippen molar-refractivity contribution >= 4 is 5.90 Å². The minimum atomic E-state index is 0.0335. The smallest absolute Gasteiger partial charge is 0.181 e. The average Bonchev–Trinajstić information content (AvgIpc) is 2.50. The van der Waals surface area contributed by atoms with E-state index in [4.69, 9.17) is 4.74 Å². The predicted octanol–water partition coefficient (Wildman–Crippen LogP) is 2.96. The highest BCUT2D eigenvalue weighted by atomic mass is 16.5. The van der Waals surface area contributed by atoms with Crippen molar-refractivity contribution in [3.8, 4) is 0 Å². The molecule has 0 aromatic rings. The molecule has 0 aromatic heterocycles. The Morgan fingerprint density at radius 3 is 2.54 bits per heavy atom. The third-order valence-corrected chi connectivity index (χ3v) is 1.60. The van der Waals surface area contributed by atoms with Crippen molar-refractivity contribution in [3.63, 3.8) is 0 Å². The number of hydrogen-bond donors (Lipinski definition) is 0. The van der Waals surface area contributed by atoms with Gasteiger partial charge >= 0.3 is 0 Å². The molecule has 0 saturated heterocycles. The van der Waals surface area contributed by atoms with Gasteiger partial charge in [-0.3, -0.25) is 0 Å². The Balaban J connectivity index is 0.000000671. The summed E-state index contributed by atoms with van der Waals surface area (Å²) in [5.74, 6) is 0.748. The molecule has 1 heterocycles. The summed E-state index contributed by atoms with van der Waals surface area (Å²) in [7, 11) is 0. The van der Waals surface area contributed by atoms with Gasteiger partial charge in [-0.2, -0.15) is 0 Å². The van der Waals surface area contributed by atoms with Gasteiger partial charge in [-0.15, -0.1) is 0 Å². The normalized spacial score (nSPS) is 26.0. The first-order chi connectivity index (χ1) is 6.27. The van der Waals surface area contributed by atoms with Crippen LogP contribution in [0.5, 0.6) is 0 Å².